The van der Waals surface area contributed by atoms with Gasteiger partial charge in [-0.3, -0.25) is 0 Å². The smallest absolute Gasteiger partial charge is 0.416 e. The molecule has 36 heavy (non-hydrogen) atoms. The van der Waals surface area contributed by atoms with Crippen LogP contribution in [0.25, 0.3) is 0 Å². The zero-order valence-corrected chi connectivity index (χ0v) is 20.3. The fourth-order valence-corrected chi connectivity index (χ4v) is 3.08. The minimum Gasteiger partial charge on any atom is -0.491 e. The fourth-order valence-electron chi connectivity index (χ4n) is 3.08. The molecule has 1 fully saturated rings. The van der Waals surface area contributed by atoms with Crippen molar-refractivity contribution in [2.45, 2.75) is 37.7 Å². The molecule has 0 aromatic heterocycles. The Balaban J connectivity index is 0.000000308. The minimum atomic E-state index is -4.32. The van der Waals surface area contributed by atoms with E-state index < -0.39 is 23.5 Å². The molecule has 0 radical (unpaired) electrons. The van der Waals surface area contributed by atoms with E-state index in [1.54, 1.807) is 7.11 Å². The van der Waals surface area contributed by atoms with Crippen molar-refractivity contribution in [1.29, 1.82) is 0 Å². The Morgan fingerprint density at radius 3 is 1.86 bits per heavy atom. The first kappa shape index (κ1) is 31.7. The van der Waals surface area contributed by atoms with E-state index in [1.807, 2.05) is 30.3 Å². The summed E-state index contributed by atoms with van der Waals surface area (Å²) >= 11 is 0. The lowest BCUT2D eigenvalue weighted by molar-refractivity contribution is -0.137. The van der Waals surface area contributed by atoms with E-state index in [-0.39, 0.29) is 6.92 Å². The number of hydrogen-bond acceptors (Lipinski definition) is 5. The largest absolute Gasteiger partial charge is 0.491 e. The summed E-state index contributed by atoms with van der Waals surface area (Å²) in [5.74, 6) is 0.878. The van der Waals surface area contributed by atoms with Crippen molar-refractivity contribution < 1.29 is 45.7 Å². The van der Waals surface area contributed by atoms with Crippen LogP contribution in [-0.4, -0.2) is 57.9 Å². The molecule has 0 spiro atoms. The first-order chi connectivity index (χ1) is 16.8. The van der Waals surface area contributed by atoms with Gasteiger partial charge in [0.2, 0.25) is 0 Å². The summed E-state index contributed by atoms with van der Waals surface area (Å²) in [5.41, 5.74) is -1.11. The molecular formula is C25H33F6NO4. The number of rotatable bonds is 8. The van der Waals surface area contributed by atoms with Gasteiger partial charge in [0.05, 0.1) is 31.0 Å². The van der Waals surface area contributed by atoms with E-state index in [9.17, 15) is 31.4 Å². The van der Waals surface area contributed by atoms with E-state index >= 15 is 0 Å². The first-order valence-corrected chi connectivity index (χ1v) is 11.3. The Bertz CT molecular complexity index is 817. The predicted molar refractivity (Wildman–Crippen MR) is 124 cm³/mol. The molecule has 0 amide bonds. The maximum Gasteiger partial charge on any atom is 0.416 e. The molecule has 11 heteroatoms. The molecule has 1 heterocycles. The number of ether oxygens (including phenoxy) is 3. The van der Waals surface area contributed by atoms with E-state index in [0.717, 1.165) is 17.9 Å². The molecule has 0 bridgehead atoms. The highest BCUT2D eigenvalue weighted by Crippen LogP contribution is 2.34. The van der Waals surface area contributed by atoms with E-state index in [1.165, 1.54) is 12.1 Å². The van der Waals surface area contributed by atoms with Crippen LogP contribution in [0.3, 0.4) is 0 Å². The number of methoxy groups -OCH3 is 1. The molecule has 1 saturated heterocycles. The van der Waals surface area contributed by atoms with Gasteiger partial charge in [0.1, 0.15) is 12.4 Å². The Kier molecular flexibility index (Phi) is 13.8. The van der Waals surface area contributed by atoms with Gasteiger partial charge >= 0.3 is 12.4 Å². The van der Waals surface area contributed by atoms with Crippen LogP contribution in [0.15, 0.2) is 54.6 Å². The molecule has 0 saturated carbocycles. The number of para-hydroxylation sites is 1. The number of aliphatic hydroxyl groups is 1. The molecule has 0 atom stereocenters. The zero-order chi connectivity index (χ0) is 27.1. The second-order valence-corrected chi connectivity index (χ2v) is 7.90. The van der Waals surface area contributed by atoms with Crippen LogP contribution in [0.4, 0.5) is 26.3 Å². The lowest BCUT2D eigenvalue weighted by atomic mass is 9.85. The highest BCUT2D eigenvalue weighted by atomic mass is 19.4. The molecule has 1 aliphatic heterocycles. The van der Waals surface area contributed by atoms with Gasteiger partial charge in [-0.25, -0.2) is 0 Å². The summed E-state index contributed by atoms with van der Waals surface area (Å²) in [6.07, 6.45) is -7.27. The summed E-state index contributed by atoms with van der Waals surface area (Å²) in [4.78, 5) is 0. The minimum absolute atomic E-state index is 0.188. The molecule has 2 aromatic carbocycles. The lowest BCUT2D eigenvalue weighted by Gasteiger charge is -2.33. The summed E-state index contributed by atoms with van der Waals surface area (Å²) < 4.78 is 83.7. The van der Waals surface area contributed by atoms with Gasteiger partial charge in [-0.2, -0.15) is 26.3 Å². The monoisotopic (exact) mass is 525 g/mol. The van der Waals surface area contributed by atoms with Crippen LogP contribution < -0.4 is 10.1 Å². The molecule has 5 nitrogen and oxygen atoms in total. The number of halogens is 6. The number of piperidine rings is 1. The zero-order valence-electron chi connectivity index (χ0n) is 20.3. The van der Waals surface area contributed by atoms with Crippen LogP contribution in [0, 0.1) is 0 Å². The number of benzene rings is 2. The number of alkyl halides is 6. The van der Waals surface area contributed by atoms with Gasteiger partial charge < -0.3 is 24.6 Å². The lowest BCUT2D eigenvalue weighted by Crippen LogP contribution is -2.39. The van der Waals surface area contributed by atoms with Gasteiger partial charge in [-0.15, -0.1) is 0 Å². The van der Waals surface area contributed by atoms with Crippen LogP contribution in [0.5, 0.6) is 5.75 Å². The topological polar surface area (TPSA) is 60.0 Å². The Hall–Kier alpha value is -2.34. The molecule has 2 N–H and O–H groups in total. The third-order valence-electron chi connectivity index (χ3n) is 4.85. The van der Waals surface area contributed by atoms with Crippen LogP contribution in [0.1, 0.15) is 30.9 Å². The van der Waals surface area contributed by atoms with E-state index in [2.05, 4.69) is 5.32 Å². The standard InChI is InChI=1S/C12H14F3NO.C11H16O3.C2H3F3/c13-12(14,15)10-3-1-9(2-4-10)11(17)5-7-16-8-6-11;1-12-7-8-13-9-10-14-11-5-3-2-4-6-11;1-2(3,4)5/h1-4,16-17H,5-8H2;2-6H,7-10H2,1H3;1H3. The van der Waals surface area contributed by atoms with Crippen molar-refractivity contribution in [2.75, 3.05) is 46.6 Å². The average molecular weight is 526 g/mol. The van der Waals surface area contributed by atoms with Gasteiger partial charge in [-0.1, -0.05) is 30.3 Å². The highest BCUT2D eigenvalue weighted by Gasteiger charge is 2.33. The first-order valence-electron chi connectivity index (χ1n) is 11.3. The predicted octanol–water partition coefficient (Wildman–Crippen LogP) is 5.57. The van der Waals surface area contributed by atoms with Gasteiger partial charge in [0.25, 0.3) is 0 Å². The van der Waals surface area contributed by atoms with Crippen molar-refractivity contribution in [3.05, 3.63) is 65.7 Å². The normalized spacial score (nSPS) is 15.1. The van der Waals surface area contributed by atoms with Gasteiger partial charge in [0, 0.05) is 14.0 Å². The summed E-state index contributed by atoms with van der Waals surface area (Å²) in [6, 6.07) is 14.5. The summed E-state index contributed by atoms with van der Waals surface area (Å²) in [6.45, 7) is 3.97. The average Bonchev–Trinajstić information content (AvgIpc) is 2.81. The van der Waals surface area contributed by atoms with Gasteiger partial charge in [-0.05, 0) is 55.8 Å². The third-order valence-corrected chi connectivity index (χ3v) is 4.85. The summed E-state index contributed by atoms with van der Waals surface area (Å²) in [5, 5.41) is 13.4. The maximum absolute atomic E-state index is 12.4. The van der Waals surface area contributed by atoms with Crippen LogP contribution in [-0.2, 0) is 21.3 Å². The third kappa shape index (κ3) is 14.3. The van der Waals surface area contributed by atoms with E-state index in [0.29, 0.717) is 57.9 Å². The Morgan fingerprint density at radius 1 is 0.833 bits per heavy atom. The molecule has 204 valence electrons. The van der Waals surface area contributed by atoms with Crippen molar-refractivity contribution in [1.82, 2.24) is 5.32 Å². The summed E-state index contributed by atoms with van der Waals surface area (Å²) in [7, 11) is 1.66. The quantitative estimate of drug-likeness (QED) is 0.349. The van der Waals surface area contributed by atoms with Crippen molar-refractivity contribution >= 4 is 0 Å². The molecule has 0 unspecified atom stereocenters. The number of hydrogen-bond donors (Lipinski definition) is 2. The van der Waals surface area contributed by atoms with Crippen LogP contribution in [0.2, 0.25) is 0 Å². The Morgan fingerprint density at radius 2 is 1.36 bits per heavy atom. The molecule has 2 aromatic rings. The fraction of sp³-hybridized carbons (Fsp3) is 0.520. The van der Waals surface area contributed by atoms with Crippen LogP contribution >= 0.6 is 0 Å². The SMILES string of the molecule is CC(F)(F)F.COCCOCCOc1ccccc1.OC1(c2ccc(C(F)(F)F)cc2)CCNCC1. The highest BCUT2D eigenvalue weighted by molar-refractivity contribution is 5.29. The van der Waals surface area contributed by atoms with Crippen molar-refractivity contribution in [2.24, 2.45) is 0 Å². The van der Waals surface area contributed by atoms with Crippen molar-refractivity contribution in [3.8, 4) is 5.75 Å². The number of nitrogens with one attached hydrogen (secondary N) is 1. The molecule has 3 rings (SSSR count). The van der Waals surface area contributed by atoms with Crippen molar-refractivity contribution in [3.63, 3.8) is 0 Å². The van der Waals surface area contributed by atoms with Gasteiger partial charge in [0.15, 0.2) is 0 Å². The Labute approximate surface area is 207 Å². The maximum atomic E-state index is 12.4. The molecule has 0 aliphatic carbocycles. The van der Waals surface area contributed by atoms with E-state index in [4.69, 9.17) is 14.2 Å². The molecule has 1 aliphatic rings. The molecular weight excluding hydrogens is 492 g/mol. The second-order valence-electron chi connectivity index (χ2n) is 7.90. The second kappa shape index (κ2) is 15.7.